The molecule has 0 aromatic heterocycles. The fraction of sp³-hybridized carbons (Fsp3) is 0.917. The summed E-state index contributed by atoms with van der Waals surface area (Å²) in [6.07, 6.45) is 4.86. The average molecular weight is 228 g/mol. The smallest absolute Gasteiger partial charge is 0.227 e. The molecule has 0 bridgehead atoms. The molecule has 94 valence electrons. The van der Waals surface area contributed by atoms with E-state index in [0.29, 0.717) is 19.0 Å². The number of aliphatic hydroxyl groups excluding tert-OH is 1. The van der Waals surface area contributed by atoms with E-state index in [1.807, 2.05) is 6.92 Å². The SMILES string of the molecule is CC(CO)CCCNC(=O)C1(CN)CCC1. The molecule has 4 nitrogen and oxygen atoms in total. The third-order valence-corrected chi connectivity index (χ3v) is 3.65. The molecule has 0 heterocycles. The Balaban J connectivity index is 2.15. The van der Waals surface area contributed by atoms with Gasteiger partial charge in [0.1, 0.15) is 0 Å². The molecule has 1 aliphatic carbocycles. The van der Waals surface area contributed by atoms with Gasteiger partial charge in [-0.2, -0.15) is 0 Å². The van der Waals surface area contributed by atoms with Crippen molar-refractivity contribution in [2.45, 2.75) is 39.0 Å². The number of rotatable bonds is 7. The van der Waals surface area contributed by atoms with Gasteiger partial charge in [-0.15, -0.1) is 0 Å². The summed E-state index contributed by atoms with van der Waals surface area (Å²) in [7, 11) is 0. The van der Waals surface area contributed by atoms with Crippen LogP contribution in [0.25, 0.3) is 0 Å². The summed E-state index contributed by atoms with van der Waals surface area (Å²) in [6.45, 7) is 3.40. The predicted molar refractivity (Wildman–Crippen MR) is 63.8 cm³/mol. The van der Waals surface area contributed by atoms with Crippen LogP contribution in [0.2, 0.25) is 0 Å². The number of carbonyl (C=O) groups is 1. The second-order valence-electron chi connectivity index (χ2n) is 5.02. The molecule has 1 rings (SSSR count). The van der Waals surface area contributed by atoms with E-state index >= 15 is 0 Å². The van der Waals surface area contributed by atoms with Gasteiger partial charge in [0.2, 0.25) is 5.91 Å². The lowest BCUT2D eigenvalue weighted by atomic mass is 9.68. The predicted octanol–water partition coefficient (Wildman–Crippen LogP) is 0.640. The highest BCUT2D eigenvalue weighted by molar-refractivity contribution is 5.83. The van der Waals surface area contributed by atoms with Crippen molar-refractivity contribution < 1.29 is 9.90 Å². The molecule has 0 saturated heterocycles. The van der Waals surface area contributed by atoms with E-state index in [4.69, 9.17) is 10.8 Å². The minimum atomic E-state index is -0.261. The largest absolute Gasteiger partial charge is 0.396 e. The number of nitrogens with one attached hydrogen (secondary N) is 1. The summed E-state index contributed by atoms with van der Waals surface area (Å²) in [5.74, 6) is 0.446. The first kappa shape index (κ1) is 13.5. The van der Waals surface area contributed by atoms with Crippen molar-refractivity contribution >= 4 is 5.91 Å². The van der Waals surface area contributed by atoms with Crippen LogP contribution in [0.5, 0.6) is 0 Å². The van der Waals surface area contributed by atoms with Crippen molar-refractivity contribution in [1.29, 1.82) is 0 Å². The maximum atomic E-state index is 11.9. The van der Waals surface area contributed by atoms with E-state index in [9.17, 15) is 4.79 Å². The first-order valence-electron chi connectivity index (χ1n) is 6.24. The van der Waals surface area contributed by atoms with Crippen LogP contribution in [-0.2, 0) is 4.79 Å². The van der Waals surface area contributed by atoms with Crippen LogP contribution in [0.3, 0.4) is 0 Å². The highest BCUT2D eigenvalue weighted by Crippen LogP contribution is 2.39. The minimum Gasteiger partial charge on any atom is -0.396 e. The van der Waals surface area contributed by atoms with E-state index in [2.05, 4.69) is 5.32 Å². The molecule has 1 unspecified atom stereocenters. The third kappa shape index (κ3) is 3.19. The maximum absolute atomic E-state index is 11.9. The van der Waals surface area contributed by atoms with Gasteiger partial charge >= 0.3 is 0 Å². The molecule has 1 aliphatic rings. The van der Waals surface area contributed by atoms with Crippen LogP contribution in [0.4, 0.5) is 0 Å². The van der Waals surface area contributed by atoms with Crippen molar-refractivity contribution in [2.24, 2.45) is 17.1 Å². The summed E-state index contributed by atoms with van der Waals surface area (Å²) < 4.78 is 0. The van der Waals surface area contributed by atoms with Gasteiger partial charge in [0.25, 0.3) is 0 Å². The van der Waals surface area contributed by atoms with E-state index in [1.54, 1.807) is 0 Å². The number of amides is 1. The van der Waals surface area contributed by atoms with Crippen LogP contribution in [0.15, 0.2) is 0 Å². The quantitative estimate of drug-likeness (QED) is 0.560. The summed E-state index contributed by atoms with van der Waals surface area (Å²) in [5.41, 5.74) is 5.39. The van der Waals surface area contributed by atoms with Crippen LogP contribution in [0.1, 0.15) is 39.0 Å². The Kier molecular flexibility index (Phi) is 5.22. The first-order chi connectivity index (χ1) is 7.64. The Labute approximate surface area is 97.6 Å². The maximum Gasteiger partial charge on any atom is 0.227 e. The van der Waals surface area contributed by atoms with Gasteiger partial charge in [-0.1, -0.05) is 13.3 Å². The lowest BCUT2D eigenvalue weighted by Crippen LogP contribution is -2.50. The molecule has 0 spiro atoms. The summed E-state index contributed by atoms with van der Waals surface area (Å²) in [5, 5.41) is 11.8. The Morgan fingerprint density at radius 1 is 1.56 bits per heavy atom. The number of aliphatic hydroxyl groups is 1. The molecule has 0 aromatic carbocycles. The fourth-order valence-corrected chi connectivity index (χ4v) is 2.06. The second kappa shape index (κ2) is 6.21. The fourth-order valence-electron chi connectivity index (χ4n) is 2.06. The van der Waals surface area contributed by atoms with Gasteiger partial charge in [-0.3, -0.25) is 4.79 Å². The third-order valence-electron chi connectivity index (χ3n) is 3.65. The van der Waals surface area contributed by atoms with Gasteiger partial charge in [-0.25, -0.2) is 0 Å². The van der Waals surface area contributed by atoms with Crippen LogP contribution < -0.4 is 11.1 Å². The molecule has 1 amide bonds. The first-order valence-corrected chi connectivity index (χ1v) is 6.24. The summed E-state index contributed by atoms with van der Waals surface area (Å²) in [4.78, 5) is 11.9. The van der Waals surface area contributed by atoms with E-state index in [0.717, 1.165) is 32.1 Å². The van der Waals surface area contributed by atoms with Gasteiger partial charge < -0.3 is 16.2 Å². The number of carbonyl (C=O) groups excluding carboxylic acids is 1. The number of nitrogens with two attached hydrogens (primary N) is 1. The molecule has 1 fully saturated rings. The van der Waals surface area contributed by atoms with Gasteiger partial charge in [-0.05, 0) is 31.6 Å². The molecular formula is C12H24N2O2. The molecule has 16 heavy (non-hydrogen) atoms. The average Bonchev–Trinajstić information content (AvgIpc) is 2.23. The topological polar surface area (TPSA) is 75.3 Å². The van der Waals surface area contributed by atoms with Gasteiger partial charge in [0.15, 0.2) is 0 Å². The zero-order valence-electron chi connectivity index (χ0n) is 10.2. The van der Waals surface area contributed by atoms with Crippen molar-refractivity contribution in [3.8, 4) is 0 Å². The standard InChI is InChI=1S/C12H24N2O2/c1-10(8-15)4-2-7-14-11(16)12(9-13)5-3-6-12/h10,15H,2-9,13H2,1H3,(H,14,16). The van der Waals surface area contributed by atoms with E-state index in [-0.39, 0.29) is 17.9 Å². The Morgan fingerprint density at radius 2 is 2.25 bits per heavy atom. The van der Waals surface area contributed by atoms with Gasteiger partial charge in [0.05, 0.1) is 5.41 Å². The molecule has 1 saturated carbocycles. The molecule has 1 atom stereocenters. The molecular weight excluding hydrogens is 204 g/mol. The zero-order chi connectivity index (χ0) is 12.0. The van der Waals surface area contributed by atoms with Crippen LogP contribution in [0, 0.1) is 11.3 Å². The van der Waals surface area contributed by atoms with Crippen molar-refractivity contribution in [3.63, 3.8) is 0 Å². The van der Waals surface area contributed by atoms with Crippen molar-refractivity contribution in [1.82, 2.24) is 5.32 Å². The lowest BCUT2D eigenvalue weighted by Gasteiger charge is -2.39. The highest BCUT2D eigenvalue weighted by atomic mass is 16.3. The molecule has 0 aromatic rings. The Bertz CT molecular complexity index is 222. The highest BCUT2D eigenvalue weighted by Gasteiger charge is 2.42. The second-order valence-corrected chi connectivity index (χ2v) is 5.02. The normalized spacial score (nSPS) is 19.9. The molecule has 0 radical (unpaired) electrons. The monoisotopic (exact) mass is 228 g/mol. The lowest BCUT2D eigenvalue weighted by molar-refractivity contribution is -0.135. The molecule has 0 aliphatic heterocycles. The summed E-state index contributed by atoms with van der Waals surface area (Å²) in [6, 6.07) is 0. The summed E-state index contributed by atoms with van der Waals surface area (Å²) >= 11 is 0. The van der Waals surface area contributed by atoms with E-state index in [1.165, 1.54) is 0 Å². The van der Waals surface area contributed by atoms with Crippen molar-refractivity contribution in [3.05, 3.63) is 0 Å². The van der Waals surface area contributed by atoms with Crippen LogP contribution >= 0.6 is 0 Å². The van der Waals surface area contributed by atoms with Gasteiger partial charge in [0, 0.05) is 19.7 Å². The minimum absolute atomic E-state index is 0.123. The van der Waals surface area contributed by atoms with Crippen LogP contribution in [-0.4, -0.2) is 30.7 Å². The Morgan fingerprint density at radius 3 is 2.69 bits per heavy atom. The molecule has 4 heteroatoms. The number of hydrogen-bond donors (Lipinski definition) is 3. The molecule has 4 N–H and O–H groups in total. The number of hydrogen-bond acceptors (Lipinski definition) is 3. The zero-order valence-corrected chi connectivity index (χ0v) is 10.2. The van der Waals surface area contributed by atoms with Crippen molar-refractivity contribution in [2.75, 3.05) is 19.7 Å². The van der Waals surface area contributed by atoms with E-state index < -0.39 is 0 Å². The Hall–Kier alpha value is -0.610.